The Balaban J connectivity index is 2.47. The van der Waals surface area contributed by atoms with Gasteiger partial charge in [-0.25, -0.2) is 0 Å². The molecule has 0 spiro atoms. The Morgan fingerprint density at radius 1 is 1.40 bits per heavy atom. The monoisotopic (exact) mass is 150 g/mol. The lowest BCUT2D eigenvalue weighted by Crippen LogP contribution is -1.90. The summed E-state index contributed by atoms with van der Waals surface area (Å²) in [5.74, 6) is 0. The molecule has 1 aliphatic heterocycles. The fraction of sp³-hybridized carbons (Fsp3) is 0.333. The molecule has 0 unspecified atom stereocenters. The Hall–Kier alpha value is -0.430. The maximum atomic E-state index is 2.34. The molecule has 0 aromatic heterocycles. The Kier molecular flexibility index (Phi) is 1.27. The van der Waals surface area contributed by atoms with Crippen molar-refractivity contribution in [3.8, 4) is 0 Å². The quantitative estimate of drug-likeness (QED) is 0.511. The molecule has 0 saturated heterocycles. The van der Waals surface area contributed by atoms with Crippen LogP contribution in [0.4, 0.5) is 0 Å². The number of hydrogen-bond donors (Lipinski definition) is 0. The zero-order valence-corrected chi connectivity index (χ0v) is 7.03. The van der Waals surface area contributed by atoms with Gasteiger partial charge in [-0.2, -0.15) is 0 Å². The third-order valence-electron chi connectivity index (χ3n) is 2.21. The van der Waals surface area contributed by atoms with E-state index in [9.17, 15) is 0 Å². The van der Waals surface area contributed by atoms with E-state index < -0.39 is 0 Å². The predicted octanol–water partition coefficient (Wildman–Crippen LogP) is 2.89. The summed E-state index contributed by atoms with van der Waals surface area (Å²) in [5, 5.41) is 2.84. The Labute approximate surface area is 65.7 Å². The summed E-state index contributed by atoms with van der Waals surface area (Å²) in [6, 6.07) is 0. The maximum absolute atomic E-state index is 2.34. The SMILES string of the molecule is CC1=C[C@H]2SC=CC2=C1C. The van der Waals surface area contributed by atoms with Crippen LogP contribution in [0, 0.1) is 0 Å². The molecular weight excluding hydrogens is 140 g/mol. The third kappa shape index (κ3) is 0.702. The van der Waals surface area contributed by atoms with Crippen LogP contribution in [0.2, 0.25) is 0 Å². The van der Waals surface area contributed by atoms with Gasteiger partial charge in [-0.05, 0) is 30.4 Å². The van der Waals surface area contributed by atoms with Gasteiger partial charge in [0.25, 0.3) is 0 Å². The second-order valence-electron chi connectivity index (χ2n) is 2.79. The third-order valence-corrected chi connectivity index (χ3v) is 3.18. The highest BCUT2D eigenvalue weighted by molar-refractivity contribution is 8.03. The number of hydrogen-bond acceptors (Lipinski definition) is 1. The van der Waals surface area contributed by atoms with Crippen molar-refractivity contribution in [3.05, 3.63) is 34.3 Å². The molecule has 2 aliphatic rings. The summed E-state index contributed by atoms with van der Waals surface area (Å²) in [5.41, 5.74) is 4.45. The maximum Gasteiger partial charge on any atom is 0.0527 e. The second kappa shape index (κ2) is 2.03. The molecule has 0 radical (unpaired) electrons. The first kappa shape index (κ1) is 6.29. The fourth-order valence-electron chi connectivity index (χ4n) is 1.41. The van der Waals surface area contributed by atoms with Gasteiger partial charge in [0.15, 0.2) is 0 Å². The Morgan fingerprint density at radius 3 is 2.90 bits per heavy atom. The van der Waals surface area contributed by atoms with Crippen molar-refractivity contribution >= 4 is 11.8 Å². The van der Waals surface area contributed by atoms with Crippen LogP contribution in [0.1, 0.15) is 13.8 Å². The molecule has 0 fully saturated rings. The lowest BCUT2D eigenvalue weighted by atomic mass is 10.1. The van der Waals surface area contributed by atoms with Crippen molar-refractivity contribution in [1.29, 1.82) is 0 Å². The molecule has 0 N–H and O–H groups in total. The summed E-state index contributed by atoms with van der Waals surface area (Å²) in [6.07, 6.45) is 4.58. The van der Waals surface area contributed by atoms with Gasteiger partial charge < -0.3 is 0 Å². The van der Waals surface area contributed by atoms with Gasteiger partial charge in [0, 0.05) is 0 Å². The van der Waals surface area contributed by atoms with Crippen LogP contribution in [0.5, 0.6) is 0 Å². The first-order valence-corrected chi connectivity index (χ1v) is 4.45. The number of fused-ring (bicyclic) bond motifs is 1. The summed E-state index contributed by atoms with van der Waals surface area (Å²) in [7, 11) is 0. The first-order chi connectivity index (χ1) is 4.79. The molecule has 0 nitrogen and oxygen atoms in total. The molecule has 0 bridgehead atoms. The van der Waals surface area contributed by atoms with Gasteiger partial charge in [-0.3, -0.25) is 0 Å². The minimum Gasteiger partial charge on any atom is -0.122 e. The highest BCUT2D eigenvalue weighted by Gasteiger charge is 2.22. The minimum absolute atomic E-state index is 0.653. The van der Waals surface area contributed by atoms with Crippen LogP contribution in [-0.2, 0) is 0 Å². The van der Waals surface area contributed by atoms with E-state index in [0.717, 1.165) is 0 Å². The number of rotatable bonds is 0. The zero-order valence-electron chi connectivity index (χ0n) is 6.22. The molecule has 0 amide bonds. The fourth-order valence-corrected chi connectivity index (χ4v) is 2.49. The van der Waals surface area contributed by atoms with E-state index in [1.165, 1.54) is 16.7 Å². The van der Waals surface area contributed by atoms with Crippen LogP contribution >= 0.6 is 11.8 Å². The largest absolute Gasteiger partial charge is 0.122 e. The van der Waals surface area contributed by atoms with Gasteiger partial charge in [-0.1, -0.05) is 17.7 Å². The smallest absolute Gasteiger partial charge is 0.0527 e. The normalized spacial score (nSPS) is 29.4. The van der Waals surface area contributed by atoms with Gasteiger partial charge in [0.05, 0.1) is 5.25 Å². The topological polar surface area (TPSA) is 0 Å². The van der Waals surface area contributed by atoms with Crippen molar-refractivity contribution in [3.63, 3.8) is 0 Å². The van der Waals surface area contributed by atoms with Gasteiger partial charge >= 0.3 is 0 Å². The highest BCUT2D eigenvalue weighted by Crippen LogP contribution is 2.39. The van der Waals surface area contributed by atoms with E-state index in [2.05, 4.69) is 31.4 Å². The molecule has 0 aromatic rings. The van der Waals surface area contributed by atoms with E-state index in [4.69, 9.17) is 0 Å². The number of allylic oxidation sites excluding steroid dienone is 3. The first-order valence-electron chi connectivity index (χ1n) is 3.50. The highest BCUT2D eigenvalue weighted by atomic mass is 32.2. The van der Waals surface area contributed by atoms with Crippen molar-refractivity contribution in [2.45, 2.75) is 19.1 Å². The van der Waals surface area contributed by atoms with E-state index in [0.29, 0.717) is 5.25 Å². The van der Waals surface area contributed by atoms with Gasteiger partial charge in [0.1, 0.15) is 0 Å². The van der Waals surface area contributed by atoms with E-state index >= 15 is 0 Å². The summed E-state index contributed by atoms with van der Waals surface area (Å²) < 4.78 is 0. The molecule has 0 aromatic carbocycles. The summed E-state index contributed by atoms with van der Waals surface area (Å²) >= 11 is 1.91. The molecular formula is C9H10S. The zero-order chi connectivity index (χ0) is 7.14. The minimum atomic E-state index is 0.653. The van der Waals surface area contributed by atoms with Crippen LogP contribution in [0.15, 0.2) is 34.3 Å². The van der Waals surface area contributed by atoms with Crippen molar-refractivity contribution in [2.75, 3.05) is 0 Å². The molecule has 1 aliphatic carbocycles. The van der Waals surface area contributed by atoms with Crippen LogP contribution in [0.25, 0.3) is 0 Å². The van der Waals surface area contributed by atoms with E-state index in [1.807, 2.05) is 11.8 Å². The Morgan fingerprint density at radius 2 is 2.20 bits per heavy atom. The average molecular weight is 150 g/mol. The van der Waals surface area contributed by atoms with Crippen molar-refractivity contribution in [2.24, 2.45) is 0 Å². The second-order valence-corrected chi connectivity index (χ2v) is 3.84. The Bertz CT molecular complexity index is 256. The predicted molar refractivity (Wildman–Crippen MR) is 47.0 cm³/mol. The van der Waals surface area contributed by atoms with Gasteiger partial charge in [0.2, 0.25) is 0 Å². The summed E-state index contributed by atoms with van der Waals surface area (Å²) in [4.78, 5) is 0. The van der Waals surface area contributed by atoms with E-state index in [1.54, 1.807) is 0 Å². The molecule has 52 valence electrons. The lowest BCUT2D eigenvalue weighted by Gasteiger charge is -1.98. The van der Waals surface area contributed by atoms with Crippen LogP contribution < -0.4 is 0 Å². The number of thioether (sulfide) groups is 1. The standard InChI is InChI=1S/C9H10S/c1-6-5-9-8(7(6)2)3-4-10-9/h3-5,9H,1-2H3/t9-/m1/s1. The van der Waals surface area contributed by atoms with Gasteiger partial charge in [-0.15, -0.1) is 11.8 Å². The van der Waals surface area contributed by atoms with Crippen molar-refractivity contribution < 1.29 is 0 Å². The molecule has 1 heteroatoms. The molecule has 2 rings (SSSR count). The van der Waals surface area contributed by atoms with E-state index in [-0.39, 0.29) is 0 Å². The molecule has 1 atom stereocenters. The lowest BCUT2D eigenvalue weighted by molar-refractivity contribution is 1.33. The summed E-state index contributed by atoms with van der Waals surface area (Å²) in [6.45, 7) is 4.40. The van der Waals surface area contributed by atoms with Crippen LogP contribution in [-0.4, -0.2) is 5.25 Å². The molecule has 1 heterocycles. The van der Waals surface area contributed by atoms with Crippen LogP contribution in [0.3, 0.4) is 0 Å². The van der Waals surface area contributed by atoms with Crippen molar-refractivity contribution in [1.82, 2.24) is 0 Å². The molecule has 0 saturated carbocycles. The average Bonchev–Trinajstić information content (AvgIpc) is 2.41. The molecule has 10 heavy (non-hydrogen) atoms.